The van der Waals surface area contributed by atoms with E-state index in [9.17, 15) is 4.79 Å². The molecule has 0 fully saturated rings. The lowest BCUT2D eigenvalue weighted by molar-refractivity contribution is -0.140. The highest BCUT2D eigenvalue weighted by Gasteiger charge is 2.32. The SMILES string of the molecule is C=CC(=O)OC(Br)(Br)c1ccc(Cl)c(Br)c1Cl. The summed E-state index contributed by atoms with van der Waals surface area (Å²) in [7, 11) is 0. The van der Waals surface area contributed by atoms with E-state index in [1.165, 1.54) is 0 Å². The molecule has 0 saturated heterocycles. The fourth-order valence-electron chi connectivity index (χ4n) is 0.974. The molecule has 1 aromatic rings. The van der Waals surface area contributed by atoms with Crippen molar-refractivity contribution in [2.24, 2.45) is 0 Å². The van der Waals surface area contributed by atoms with Crippen LogP contribution in [0.15, 0.2) is 29.3 Å². The first-order valence-corrected chi connectivity index (χ1v) is 7.30. The third kappa shape index (κ3) is 3.70. The largest absolute Gasteiger partial charge is 0.429 e. The summed E-state index contributed by atoms with van der Waals surface area (Å²) in [5.74, 6) is -0.596. The van der Waals surface area contributed by atoms with Crippen LogP contribution in [0.25, 0.3) is 0 Å². The van der Waals surface area contributed by atoms with Crippen LogP contribution < -0.4 is 0 Å². The van der Waals surface area contributed by atoms with Crippen LogP contribution in [0.4, 0.5) is 0 Å². The minimum Gasteiger partial charge on any atom is -0.429 e. The molecule has 17 heavy (non-hydrogen) atoms. The van der Waals surface area contributed by atoms with Crippen LogP contribution in [0.1, 0.15) is 5.56 Å². The first-order chi connectivity index (χ1) is 7.79. The Morgan fingerprint density at radius 3 is 2.53 bits per heavy atom. The van der Waals surface area contributed by atoms with Crippen molar-refractivity contribution in [1.82, 2.24) is 0 Å². The molecule has 0 unspecified atom stereocenters. The number of hydrogen-bond acceptors (Lipinski definition) is 2. The molecule has 0 aliphatic carbocycles. The second kappa shape index (κ2) is 6.06. The Hall–Kier alpha value is 0.450. The molecule has 0 spiro atoms. The zero-order valence-corrected chi connectivity index (χ0v) is 14.4. The molecule has 7 heteroatoms. The number of halogens is 5. The lowest BCUT2D eigenvalue weighted by Crippen LogP contribution is -2.18. The van der Waals surface area contributed by atoms with Gasteiger partial charge in [-0.05, 0) is 53.9 Å². The summed E-state index contributed by atoms with van der Waals surface area (Å²) in [4.78, 5) is 11.2. The first kappa shape index (κ1) is 15.5. The summed E-state index contributed by atoms with van der Waals surface area (Å²) < 4.78 is 4.37. The molecule has 0 saturated carbocycles. The Labute approximate surface area is 134 Å². The third-order valence-electron chi connectivity index (χ3n) is 1.74. The van der Waals surface area contributed by atoms with Gasteiger partial charge in [0.25, 0.3) is 0 Å². The van der Waals surface area contributed by atoms with Gasteiger partial charge in [-0.1, -0.05) is 35.8 Å². The Kier molecular flexibility index (Phi) is 5.53. The van der Waals surface area contributed by atoms with Gasteiger partial charge in [-0.3, -0.25) is 0 Å². The normalized spacial score (nSPS) is 11.1. The quantitative estimate of drug-likeness (QED) is 0.258. The zero-order chi connectivity index (χ0) is 13.2. The smallest absolute Gasteiger partial charge is 0.332 e. The number of benzene rings is 1. The average molecular weight is 468 g/mol. The van der Waals surface area contributed by atoms with E-state index in [1.54, 1.807) is 12.1 Å². The zero-order valence-electron chi connectivity index (χ0n) is 8.15. The molecule has 2 nitrogen and oxygen atoms in total. The van der Waals surface area contributed by atoms with Crippen LogP contribution in [-0.2, 0) is 13.0 Å². The van der Waals surface area contributed by atoms with E-state index in [2.05, 4.69) is 54.4 Å². The van der Waals surface area contributed by atoms with Crippen LogP contribution >= 0.6 is 71.0 Å². The summed E-state index contributed by atoms with van der Waals surface area (Å²) in [6.07, 6.45) is 1.05. The standard InChI is InChI=1S/C10H5Br3Cl2O2/c1-2-7(16)17-10(12,13)5-3-4-6(14)8(11)9(5)15/h2-4H,1H2. The second-order valence-electron chi connectivity index (χ2n) is 2.86. The first-order valence-electron chi connectivity index (χ1n) is 4.16. The monoisotopic (exact) mass is 464 g/mol. The fourth-order valence-corrected chi connectivity index (χ4v) is 3.03. The Morgan fingerprint density at radius 1 is 1.41 bits per heavy atom. The maximum absolute atomic E-state index is 11.2. The van der Waals surface area contributed by atoms with E-state index in [4.69, 9.17) is 27.9 Å². The molecular formula is C10H5Br3Cl2O2. The molecule has 1 aromatic carbocycles. The number of carbonyl (C=O) groups excluding carboxylic acids is 1. The highest BCUT2D eigenvalue weighted by molar-refractivity contribution is 9.24. The van der Waals surface area contributed by atoms with Crippen molar-refractivity contribution in [3.8, 4) is 0 Å². The Balaban J connectivity index is 3.19. The van der Waals surface area contributed by atoms with E-state index < -0.39 is 9.39 Å². The van der Waals surface area contributed by atoms with Gasteiger partial charge in [-0.15, -0.1) is 0 Å². The van der Waals surface area contributed by atoms with Crippen molar-refractivity contribution in [3.63, 3.8) is 0 Å². The topological polar surface area (TPSA) is 26.3 Å². The van der Waals surface area contributed by atoms with Crippen molar-refractivity contribution in [2.45, 2.75) is 3.42 Å². The van der Waals surface area contributed by atoms with E-state index in [0.29, 0.717) is 20.1 Å². The minimum atomic E-state index is -1.23. The van der Waals surface area contributed by atoms with Crippen LogP contribution in [0.3, 0.4) is 0 Å². The molecule has 1 rings (SSSR count). The van der Waals surface area contributed by atoms with Gasteiger partial charge in [0.1, 0.15) is 0 Å². The molecule has 0 N–H and O–H groups in total. The number of esters is 1. The number of rotatable bonds is 3. The minimum absolute atomic E-state index is 0.336. The third-order valence-corrected chi connectivity index (χ3v) is 4.91. The lowest BCUT2D eigenvalue weighted by atomic mass is 10.2. The molecule has 0 aliphatic heterocycles. The van der Waals surface area contributed by atoms with Crippen molar-refractivity contribution < 1.29 is 9.53 Å². The van der Waals surface area contributed by atoms with Gasteiger partial charge in [-0.2, -0.15) is 0 Å². The number of carbonyl (C=O) groups is 1. The maximum Gasteiger partial charge on any atom is 0.332 e. The van der Waals surface area contributed by atoms with Gasteiger partial charge < -0.3 is 4.74 Å². The molecule has 0 radical (unpaired) electrons. The van der Waals surface area contributed by atoms with Crippen LogP contribution in [0.5, 0.6) is 0 Å². The molecule has 0 amide bonds. The Bertz CT molecular complexity index is 475. The molecule has 92 valence electrons. The molecule has 0 aliphatic rings. The van der Waals surface area contributed by atoms with Crippen molar-refractivity contribution in [1.29, 1.82) is 0 Å². The molecule has 0 aromatic heterocycles. The highest BCUT2D eigenvalue weighted by Crippen LogP contribution is 2.46. The van der Waals surface area contributed by atoms with Crippen molar-refractivity contribution >= 4 is 77.0 Å². The van der Waals surface area contributed by atoms with Crippen LogP contribution in [0, 0.1) is 0 Å². The van der Waals surface area contributed by atoms with E-state index in [0.717, 1.165) is 6.08 Å². The van der Waals surface area contributed by atoms with Gasteiger partial charge in [0.15, 0.2) is 0 Å². The predicted molar refractivity (Wildman–Crippen MR) is 80.0 cm³/mol. The summed E-state index contributed by atoms with van der Waals surface area (Å²) >= 11 is 21.7. The predicted octanol–water partition coefficient (Wildman–Crippen LogP) is 5.39. The lowest BCUT2D eigenvalue weighted by Gasteiger charge is -2.22. The van der Waals surface area contributed by atoms with Gasteiger partial charge in [0, 0.05) is 11.6 Å². The van der Waals surface area contributed by atoms with Gasteiger partial charge >= 0.3 is 5.97 Å². The average Bonchev–Trinajstić information content (AvgIpc) is 2.24. The van der Waals surface area contributed by atoms with Crippen LogP contribution in [-0.4, -0.2) is 5.97 Å². The maximum atomic E-state index is 11.2. The number of hydrogen-bond donors (Lipinski definition) is 0. The van der Waals surface area contributed by atoms with E-state index in [-0.39, 0.29) is 0 Å². The second-order valence-corrected chi connectivity index (χ2v) is 7.74. The highest BCUT2D eigenvalue weighted by atomic mass is 79.9. The van der Waals surface area contributed by atoms with Crippen molar-refractivity contribution in [2.75, 3.05) is 0 Å². The van der Waals surface area contributed by atoms with Crippen molar-refractivity contribution in [3.05, 3.63) is 44.9 Å². The number of alkyl halides is 2. The molecule has 0 atom stereocenters. The summed E-state index contributed by atoms with van der Waals surface area (Å²) in [6, 6.07) is 3.27. The molecule has 0 heterocycles. The van der Waals surface area contributed by atoms with E-state index >= 15 is 0 Å². The summed E-state index contributed by atoms with van der Waals surface area (Å²) in [5, 5.41) is 0.799. The van der Waals surface area contributed by atoms with Crippen LogP contribution in [0.2, 0.25) is 10.0 Å². The summed E-state index contributed by atoms with van der Waals surface area (Å²) in [5.41, 5.74) is 0.505. The fraction of sp³-hybridized carbons (Fsp3) is 0.100. The van der Waals surface area contributed by atoms with E-state index in [1.807, 2.05) is 0 Å². The summed E-state index contributed by atoms with van der Waals surface area (Å²) in [6.45, 7) is 3.31. The molecular weight excluding hydrogens is 463 g/mol. The van der Waals surface area contributed by atoms with Gasteiger partial charge in [-0.25, -0.2) is 4.79 Å². The van der Waals surface area contributed by atoms with Gasteiger partial charge in [0.05, 0.1) is 14.5 Å². The Morgan fingerprint density at radius 2 is 2.00 bits per heavy atom. The molecule has 0 bridgehead atoms. The number of ether oxygens (including phenoxy) is 1. The van der Waals surface area contributed by atoms with Gasteiger partial charge in [0.2, 0.25) is 3.42 Å².